The van der Waals surface area contributed by atoms with Crippen LogP contribution in [0.2, 0.25) is 0 Å². The molecule has 0 fully saturated rings. The SMILES string of the molecule is CC1(C)N([O])C(c2cc3ccc4ccc(C5=[N+]([O-])C(C)(C)C(C)(C)N5[O])c(ccc(c2)c3C(F)(F)F)c4C(F)(F)F)=[N+]([O-])C1(C)C. The fourth-order valence-electron chi connectivity index (χ4n) is 5.89. The third-order valence-electron chi connectivity index (χ3n) is 10.2. The highest BCUT2D eigenvalue weighted by molar-refractivity contribution is 6.06. The van der Waals surface area contributed by atoms with Crippen molar-refractivity contribution in [1.29, 1.82) is 0 Å². The lowest BCUT2D eigenvalue weighted by Gasteiger charge is -2.32. The molecule has 0 aliphatic carbocycles. The molecule has 46 heavy (non-hydrogen) atoms. The van der Waals surface area contributed by atoms with Crippen molar-refractivity contribution in [2.24, 2.45) is 0 Å². The van der Waals surface area contributed by atoms with Crippen molar-refractivity contribution in [2.75, 3.05) is 0 Å². The van der Waals surface area contributed by atoms with Gasteiger partial charge in [-0.05, 0) is 89.7 Å². The van der Waals surface area contributed by atoms with Crippen molar-refractivity contribution in [3.63, 3.8) is 0 Å². The molecule has 246 valence electrons. The van der Waals surface area contributed by atoms with E-state index >= 15 is 0 Å². The quantitative estimate of drug-likeness (QED) is 0.163. The molecule has 0 saturated carbocycles. The first-order valence-electron chi connectivity index (χ1n) is 14.3. The molecule has 0 atom stereocenters. The van der Waals surface area contributed by atoms with Crippen LogP contribution >= 0.6 is 0 Å². The van der Waals surface area contributed by atoms with Gasteiger partial charge < -0.3 is 10.4 Å². The monoisotopic (exact) mass is 650 g/mol. The number of hydroxylamine groups is 6. The van der Waals surface area contributed by atoms with Crippen molar-refractivity contribution < 1.29 is 46.2 Å². The van der Waals surface area contributed by atoms with Gasteiger partial charge in [-0.3, -0.25) is 9.48 Å². The molecule has 2 aliphatic heterocycles. The first kappa shape index (κ1) is 33.3. The van der Waals surface area contributed by atoms with Gasteiger partial charge in [0.05, 0.1) is 22.3 Å². The molecule has 2 aliphatic rings. The molecule has 3 aromatic rings. The van der Waals surface area contributed by atoms with Gasteiger partial charge in [0, 0.05) is 15.8 Å². The summed E-state index contributed by atoms with van der Waals surface area (Å²) in [4.78, 5) is 0. The second-order valence-electron chi connectivity index (χ2n) is 13.7. The first-order chi connectivity index (χ1) is 20.8. The number of amidine groups is 2. The fraction of sp³-hybridized carbons (Fsp3) is 0.438. The lowest BCUT2D eigenvalue weighted by Crippen LogP contribution is -2.53. The molecule has 0 N–H and O–H groups in total. The van der Waals surface area contributed by atoms with E-state index in [1.165, 1.54) is 55.4 Å². The van der Waals surface area contributed by atoms with Crippen molar-refractivity contribution in [3.8, 4) is 0 Å². The lowest BCUT2D eigenvalue weighted by molar-refractivity contribution is -0.539. The second kappa shape index (κ2) is 9.74. The number of benzene rings is 2. The molecule has 0 spiro atoms. The summed E-state index contributed by atoms with van der Waals surface area (Å²) in [7, 11) is 0. The van der Waals surface area contributed by atoms with Gasteiger partial charge in [-0.2, -0.15) is 26.3 Å². The average Bonchev–Trinajstić information content (AvgIpc) is 3.11. The molecule has 0 aromatic heterocycles. The highest BCUT2D eigenvalue weighted by Crippen LogP contribution is 2.44. The van der Waals surface area contributed by atoms with Crippen molar-refractivity contribution >= 4 is 33.2 Å². The number of alkyl halides is 6. The van der Waals surface area contributed by atoms with Crippen LogP contribution in [0.25, 0.3) is 21.5 Å². The smallest absolute Gasteiger partial charge is 0.417 e. The molecule has 2 radical (unpaired) electrons. The van der Waals surface area contributed by atoms with Crippen molar-refractivity contribution in [1.82, 2.24) is 10.1 Å². The molecule has 8 nitrogen and oxygen atoms in total. The predicted octanol–water partition coefficient (Wildman–Crippen LogP) is 7.54. The van der Waals surface area contributed by atoms with Crippen LogP contribution in [-0.4, -0.2) is 53.4 Å². The van der Waals surface area contributed by atoms with E-state index < -0.39 is 84.4 Å². The lowest BCUT2D eigenvalue weighted by atomic mass is 9.84. The van der Waals surface area contributed by atoms with Crippen molar-refractivity contribution in [3.05, 3.63) is 81.2 Å². The fourth-order valence-corrected chi connectivity index (χ4v) is 5.89. The van der Waals surface area contributed by atoms with E-state index in [4.69, 9.17) is 0 Å². The van der Waals surface area contributed by atoms with E-state index in [0.29, 0.717) is 19.6 Å². The molecule has 3 aromatic carbocycles. The van der Waals surface area contributed by atoms with Crippen LogP contribution in [0.4, 0.5) is 26.3 Å². The zero-order chi connectivity index (χ0) is 34.7. The summed E-state index contributed by atoms with van der Waals surface area (Å²) in [5, 5.41) is 51.9. The maximum absolute atomic E-state index is 14.7. The van der Waals surface area contributed by atoms with E-state index in [9.17, 15) is 47.2 Å². The standard InChI is InChI=1S/C32H32F6N4O4/c1-27(2)28(3,4)40(44)25(39(27)43)20-15-18-10-9-17-11-14-22(26-41(45)29(5,6)30(7,8)42(26)46)21(24(17)32(36,37)38)13-12-19(16-20)23(18)31(33,34)35/h9-16H,1-8H3. The zero-order valence-electron chi connectivity index (χ0n) is 26.3. The zero-order valence-corrected chi connectivity index (χ0v) is 26.3. The second-order valence-corrected chi connectivity index (χ2v) is 13.7. The van der Waals surface area contributed by atoms with Gasteiger partial charge in [0.25, 0.3) is 0 Å². The highest BCUT2D eigenvalue weighted by atomic mass is 19.4. The number of fused-ring (bicyclic) bond motifs is 4. The summed E-state index contributed by atoms with van der Waals surface area (Å²) < 4.78 is 88.7. The van der Waals surface area contributed by atoms with E-state index in [-0.39, 0.29) is 5.56 Å². The molecule has 2 heterocycles. The summed E-state index contributed by atoms with van der Waals surface area (Å²) in [6, 6.07) is 7.27. The molecule has 0 saturated heterocycles. The third-order valence-corrected chi connectivity index (χ3v) is 10.2. The van der Waals surface area contributed by atoms with Gasteiger partial charge in [0.2, 0.25) is 0 Å². The predicted molar refractivity (Wildman–Crippen MR) is 157 cm³/mol. The van der Waals surface area contributed by atoms with Gasteiger partial charge in [-0.25, -0.2) is 0 Å². The summed E-state index contributed by atoms with van der Waals surface area (Å²) >= 11 is 0. The summed E-state index contributed by atoms with van der Waals surface area (Å²) in [5.74, 6) is -1.09. The summed E-state index contributed by atoms with van der Waals surface area (Å²) in [6.07, 6.45) is -10.1. The van der Waals surface area contributed by atoms with Gasteiger partial charge in [0.1, 0.15) is 11.1 Å². The average molecular weight is 651 g/mol. The topological polar surface area (TPSA) is 98.4 Å². The minimum Gasteiger partial charge on any atom is -0.714 e. The number of halogens is 6. The Bertz CT molecular complexity index is 1890. The van der Waals surface area contributed by atoms with Crippen LogP contribution in [-0.2, 0) is 22.8 Å². The van der Waals surface area contributed by atoms with Crippen LogP contribution < -0.4 is 0 Å². The highest BCUT2D eigenvalue weighted by Gasteiger charge is 2.61. The normalized spacial score (nSPS) is 20.8. The molecule has 0 unspecified atom stereocenters. The number of hydrogen-bond donors (Lipinski definition) is 0. The third kappa shape index (κ3) is 4.43. The molecule has 14 heteroatoms. The van der Waals surface area contributed by atoms with Gasteiger partial charge in [-0.15, -0.1) is 0 Å². The number of rotatable bonds is 2. The minimum absolute atomic E-state index is 0.179. The molecule has 4 bridgehead atoms. The van der Waals surface area contributed by atoms with E-state index in [1.54, 1.807) is 0 Å². The largest absolute Gasteiger partial charge is 0.714 e. The van der Waals surface area contributed by atoms with Crippen LogP contribution in [0.3, 0.4) is 0 Å². The number of hydrogen-bond acceptors (Lipinski definition) is 4. The Morgan fingerprint density at radius 1 is 0.587 bits per heavy atom. The Labute approximate surface area is 260 Å². The summed E-state index contributed by atoms with van der Waals surface area (Å²) in [5.41, 5.74) is -8.48. The Balaban J connectivity index is 1.96. The van der Waals surface area contributed by atoms with Crippen LogP contribution in [0.1, 0.15) is 77.6 Å². The summed E-state index contributed by atoms with van der Waals surface area (Å²) in [6.45, 7) is 11.9. The number of nitrogens with zero attached hydrogens (tertiary/aromatic N) is 4. The maximum atomic E-state index is 14.7. The Hall–Kier alpha value is -4.04. The van der Waals surface area contributed by atoms with Crippen LogP contribution in [0.15, 0.2) is 48.5 Å². The Kier molecular flexibility index (Phi) is 7.05. The molecule has 0 amide bonds. The van der Waals surface area contributed by atoms with Gasteiger partial charge in [-0.1, -0.05) is 40.5 Å². The Morgan fingerprint density at radius 2 is 0.978 bits per heavy atom. The van der Waals surface area contributed by atoms with E-state index in [0.717, 1.165) is 48.5 Å². The van der Waals surface area contributed by atoms with Crippen molar-refractivity contribution in [2.45, 2.75) is 89.9 Å². The maximum Gasteiger partial charge on any atom is 0.417 e. The van der Waals surface area contributed by atoms with Crippen LogP contribution in [0, 0.1) is 10.4 Å². The molecule has 5 rings (SSSR count). The van der Waals surface area contributed by atoms with E-state index in [1.807, 2.05) is 0 Å². The molecular formula is C32H32F6N4O4. The van der Waals surface area contributed by atoms with Gasteiger partial charge >= 0.3 is 24.0 Å². The Morgan fingerprint density at radius 3 is 1.39 bits per heavy atom. The van der Waals surface area contributed by atoms with E-state index in [2.05, 4.69) is 0 Å². The minimum atomic E-state index is -5.06. The van der Waals surface area contributed by atoms with Crippen LogP contribution in [0.5, 0.6) is 0 Å². The van der Waals surface area contributed by atoms with Gasteiger partial charge in [0.15, 0.2) is 11.1 Å². The first-order valence-corrected chi connectivity index (χ1v) is 14.3. The molecular weight excluding hydrogens is 618 g/mol.